The summed E-state index contributed by atoms with van der Waals surface area (Å²) in [6, 6.07) is 10.1. The molecule has 1 atom stereocenters. The van der Waals surface area contributed by atoms with Crippen molar-refractivity contribution < 1.29 is 4.79 Å². The van der Waals surface area contributed by atoms with Gasteiger partial charge in [-0.3, -0.25) is 9.48 Å². The van der Waals surface area contributed by atoms with Gasteiger partial charge in [0.1, 0.15) is 6.29 Å². The highest BCUT2D eigenvalue weighted by Gasteiger charge is 2.05. The lowest BCUT2D eigenvalue weighted by Crippen LogP contribution is -2.04. The van der Waals surface area contributed by atoms with Crippen LogP contribution in [0.25, 0.3) is 0 Å². The second-order valence-corrected chi connectivity index (χ2v) is 5.57. The molecule has 0 bridgehead atoms. The van der Waals surface area contributed by atoms with Crippen LogP contribution in [0.3, 0.4) is 0 Å². The molecule has 0 fully saturated rings. The third-order valence-corrected chi connectivity index (χ3v) is 4.15. The second kappa shape index (κ2) is 6.57. The summed E-state index contributed by atoms with van der Waals surface area (Å²) in [5.41, 5.74) is 1.80. The number of aldehydes is 1. The van der Waals surface area contributed by atoms with Crippen molar-refractivity contribution in [3.05, 3.63) is 47.8 Å². The van der Waals surface area contributed by atoms with Gasteiger partial charge in [0, 0.05) is 28.5 Å². The fourth-order valence-corrected chi connectivity index (χ4v) is 2.48. The molecule has 1 unspecified atom stereocenters. The number of benzene rings is 1. The highest BCUT2D eigenvalue weighted by atomic mass is 32.2. The van der Waals surface area contributed by atoms with Crippen LogP contribution in [0.1, 0.15) is 42.4 Å². The molecule has 19 heavy (non-hydrogen) atoms. The van der Waals surface area contributed by atoms with Gasteiger partial charge >= 0.3 is 0 Å². The van der Waals surface area contributed by atoms with E-state index < -0.39 is 0 Å². The molecule has 0 aliphatic carbocycles. The van der Waals surface area contributed by atoms with Crippen LogP contribution in [-0.4, -0.2) is 16.1 Å². The van der Waals surface area contributed by atoms with Crippen molar-refractivity contribution in [3.8, 4) is 0 Å². The van der Waals surface area contributed by atoms with Crippen molar-refractivity contribution in [1.82, 2.24) is 9.78 Å². The molecule has 2 rings (SSSR count). The van der Waals surface area contributed by atoms with Gasteiger partial charge < -0.3 is 0 Å². The molecule has 0 amide bonds. The first-order valence-corrected chi connectivity index (χ1v) is 7.43. The topological polar surface area (TPSA) is 34.9 Å². The van der Waals surface area contributed by atoms with Crippen LogP contribution in [-0.2, 0) is 5.75 Å². The van der Waals surface area contributed by atoms with Crippen LogP contribution >= 0.6 is 11.8 Å². The van der Waals surface area contributed by atoms with Crippen LogP contribution < -0.4 is 0 Å². The second-order valence-electron chi connectivity index (χ2n) is 4.52. The van der Waals surface area contributed by atoms with Gasteiger partial charge in [-0.25, -0.2) is 0 Å². The highest BCUT2D eigenvalue weighted by molar-refractivity contribution is 7.98. The van der Waals surface area contributed by atoms with E-state index in [0.29, 0.717) is 11.6 Å². The minimum absolute atomic E-state index is 0.450. The van der Waals surface area contributed by atoms with Gasteiger partial charge in [0.15, 0.2) is 0 Å². The van der Waals surface area contributed by atoms with E-state index in [1.807, 2.05) is 35.1 Å². The summed E-state index contributed by atoms with van der Waals surface area (Å²) in [6.45, 7) is 4.33. The normalized spacial score (nSPS) is 12.3. The first-order valence-electron chi connectivity index (χ1n) is 6.45. The SMILES string of the molecule is CCC(C)n1ccc(CSc2ccc(C=O)cc2)n1. The van der Waals surface area contributed by atoms with E-state index in [4.69, 9.17) is 0 Å². The van der Waals surface area contributed by atoms with E-state index >= 15 is 0 Å². The van der Waals surface area contributed by atoms with Crippen LogP contribution in [0.4, 0.5) is 0 Å². The molecular formula is C15H18N2OS. The molecule has 0 spiro atoms. The van der Waals surface area contributed by atoms with E-state index in [2.05, 4.69) is 25.0 Å². The fraction of sp³-hybridized carbons (Fsp3) is 0.333. The minimum atomic E-state index is 0.450. The number of carbonyl (C=O) groups is 1. The van der Waals surface area contributed by atoms with Gasteiger partial charge in [0.2, 0.25) is 0 Å². The number of aromatic nitrogens is 2. The van der Waals surface area contributed by atoms with E-state index in [9.17, 15) is 4.79 Å². The Balaban J connectivity index is 1.94. The Morgan fingerprint density at radius 2 is 2.05 bits per heavy atom. The summed E-state index contributed by atoms with van der Waals surface area (Å²) in [5.74, 6) is 0.851. The lowest BCUT2D eigenvalue weighted by molar-refractivity contribution is 0.112. The van der Waals surface area contributed by atoms with E-state index in [1.165, 1.54) is 0 Å². The van der Waals surface area contributed by atoms with Crippen LogP contribution in [0, 0.1) is 0 Å². The quantitative estimate of drug-likeness (QED) is 0.591. The van der Waals surface area contributed by atoms with E-state index in [-0.39, 0.29) is 0 Å². The zero-order chi connectivity index (χ0) is 13.7. The number of carbonyl (C=O) groups excluding carboxylic acids is 1. The summed E-state index contributed by atoms with van der Waals surface area (Å²) in [4.78, 5) is 11.7. The zero-order valence-electron chi connectivity index (χ0n) is 11.2. The molecule has 0 N–H and O–H groups in total. The molecule has 2 aromatic rings. The van der Waals surface area contributed by atoms with E-state index in [0.717, 1.165) is 29.0 Å². The van der Waals surface area contributed by atoms with Crippen molar-refractivity contribution in [1.29, 1.82) is 0 Å². The van der Waals surface area contributed by atoms with Gasteiger partial charge in [-0.1, -0.05) is 19.1 Å². The average Bonchev–Trinajstić information content (AvgIpc) is 2.93. The summed E-state index contributed by atoms with van der Waals surface area (Å²) in [5, 5.41) is 4.57. The van der Waals surface area contributed by atoms with Crippen molar-refractivity contribution in [2.75, 3.05) is 0 Å². The summed E-state index contributed by atoms with van der Waals surface area (Å²) in [7, 11) is 0. The van der Waals surface area contributed by atoms with E-state index in [1.54, 1.807) is 11.8 Å². The Labute approximate surface area is 118 Å². The Bertz CT molecular complexity index is 533. The van der Waals surface area contributed by atoms with Crippen molar-refractivity contribution in [3.63, 3.8) is 0 Å². The number of hydrogen-bond acceptors (Lipinski definition) is 3. The van der Waals surface area contributed by atoms with Gasteiger partial charge in [0.05, 0.1) is 5.69 Å². The lowest BCUT2D eigenvalue weighted by Gasteiger charge is -2.08. The summed E-state index contributed by atoms with van der Waals surface area (Å²) in [6.07, 6.45) is 3.99. The molecule has 3 nitrogen and oxygen atoms in total. The van der Waals surface area contributed by atoms with Gasteiger partial charge in [0.25, 0.3) is 0 Å². The number of hydrogen-bond donors (Lipinski definition) is 0. The smallest absolute Gasteiger partial charge is 0.150 e. The highest BCUT2D eigenvalue weighted by Crippen LogP contribution is 2.22. The zero-order valence-corrected chi connectivity index (χ0v) is 12.1. The maximum atomic E-state index is 10.6. The molecular weight excluding hydrogens is 256 g/mol. The fourth-order valence-electron chi connectivity index (χ4n) is 1.69. The molecule has 100 valence electrons. The van der Waals surface area contributed by atoms with Crippen molar-refractivity contribution in [2.24, 2.45) is 0 Å². The predicted molar refractivity (Wildman–Crippen MR) is 78.6 cm³/mol. The van der Waals surface area contributed by atoms with Crippen LogP contribution in [0.15, 0.2) is 41.4 Å². The molecule has 1 aromatic carbocycles. The van der Waals surface area contributed by atoms with Gasteiger partial charge in [-0.15, -0.1) is 11.8 Å². The molecule has 0 saturated carbocycles. The maximum Gasteiger partial charge on any atom is 0.150 e. The Kier molecular flexibility index (Phi) is 4.80. The molecule has 0 aliphatic heterocycles. The molecule has 4 heteroatoms. The Morgan fingerprint density at radius 1 is 1.32 bits per heavy atom. The number of rotatable bonds is 6. The summed E-state index contributed by atoms with van der Waals surface area (Å²) >= 11 is 1.73. The number of thioether (sulfide) groups is 1. The maximum absolute atomic E-state index is 10.6. The molecule has 0 radical (unpaired) electrons. The third kappa shape index (κ3) is 3.70. The third-order valence-electron chi connectivity index (χ3n) is 3.11. The first-order chi connectivity index (χ1) is 9.22. The Hall–Kier alpha value is -1.55. The van der Waals surface area contributed by atoms with Gasteiger partial charge in [-0.2, -0.15) is 5.10 Å². The van der Waals surface area contributed by atoms with Crippen molar-refractivity contribution >= 4 is 18.0 Å². The monoisotopic (exact) mass is 274 g/mol. The lowest BCUT2D eigenvalue weighted by atomic mass is 10.2. The standard InChI is InChI=1S/C15H18N2OS/c1-3-12(2)17-9-8-14(16-17)11-19-15-6-4-13(10-18)5-7-15/h4-10,12H,3,11H2,1-2H3. The molecule has 0 saturated heterocycles. The van der Waals surface area contributed by atoms with Crippen LogP contribution in [0.5, 0.6) is 0 Å². The largest absolute Gasteiger partial charge is 0.298 e. The first kappa shape index (κ1) is 13.9. The van der Waals surface area contributed by atoms with Crippen molar-refractivity contribution in [2.45, 2.75) is 37.0 Å². The Morgan fingerprint density at radius 3 is 2.68 bits per heavy atom. The summed E-state index contributed by atoms with van der Waals surface area (Å²) < 4.78 is 2.02. The van der Waals surface area contributed by atoms with Gasteiger partial charge in [-0.05, 0) is 31.5 Å². The number of nitrogens with zero attached hydrogens (tertiary/aromatic N) is 2. The minimum Gasteiger partial charge on any atom is -0.298 e. The predicted octanol–water partition coefficient (Wildman–Crippen LogP) is 3.96. The average molecular weight is 274 g/mol. The molecule has 0 aliphatic rings. The molecule has 1 heterocycles. The molecule has 1 aromatic heterocycles. The van der Waals surface area contributed by atoms with Crippen LogP contribution in [0.2, 0.25) is 0 Å².